The van der Waals surface area contributed by atoms with Crippen LogP contribution in [0.3, 0.4) is 0 Å². The fourth-order valence-corrected chi connectivity index (χ4v) is 2.84. The van der Waals surface area contributed by atoms with Gasteiger partial charge in [0.15, 0.2) is 0 Å². The number of carbonyl (C=O) groups excluding carboxylic acids is 1. The molecule has 3 aromatic heterocycles. The molecule has 1 amide bonds. The lowest BCUT2D eigenvalue weighted by molar-refractivity contribution is 0.0949. The van der Waals surface area contributed by atoms with Crippen LogP contribution in [0.5, 0.6) is 0 Å². The summed E-state index contributed by atoms with van der Waals surface area (Å²) < 4.78 is 6.97. The monoisotopic (exact) mass is 375 g/mol. The normalized spacial score (nSPS) is 10.7. The summed E-state index contributed by atoms with van der Waals surface area (Å²) in [7, 11) is 0. The van der Waals surface area contributed by atoms with E-state index in [2.05, 4.69) is 20.4 Å². The lowest BCUT2D eigenvalue weighted by Crippen LogP contribution is -2.29. The van der Waals surface area contributed by atoms with E-state index in [0.717, 1.165) is 11.1 Å². The molecule has 0 saturated carbocycles. The lowest BCUT2D eigenvalue weighted by Gasteiger charge is -2.08. The zero-order valence-corrected chi connectivity index (χ0v) is 14.8. The van der Waals surface area contributed by atoms with Crippen molar-refractivity contribution in [2.45, 2.75) is 13.1 Å². The van der Waals surface area contributed by atoms with Crippen molar-refractivity contribution in [1.29, 1.82) is 0 Å². The van der Waals surface area contributed by atoms with Crippen molar-refractivity contribution in [3.63, 3.8) is 0 Å². The van der Waals surface area contributed by atoms with Gasteiger partial charge < -0.3 is 14.7 Å². The molecule has 0 aliphatic carbocycles. The fraction of sp³-hybridized carbons (Fsp3) is 0.100. The first-order valence-corrected chi connectivity index (χ1v) is 8.65. The number of aromatic nitrogens is 4. The summed E-state index contributed by atoms with van der Waals surface area (Å²) in [4.78, 5) is 31.2. The minimum absolute atomic E-state index is 0.0501. The van der Waals surface area contributed by atoms with Crippen LogP contribution >= 0.6 is 0 Å². The van der Waals surface area contributed by atoms with Gasteiger partial charge in [-0.1, -0.05) is 24.3 Å². The van der Waals surface area contributed by atoms with E-state index in [-0.39, 0.29) is 5.56 Å². The molecule has 0 bridgehead atoms. The molecule has 4 rings (SSSR count). The average molecular weight is 375 g/mol. The number of pyridine rings is 1. The smallest absolute Gasteiger partial charge is 0.261 e. The maximum Gasteiger partial charge on any atom is 0.261 e. The predicted octanol–water partition coefficient (Wildman–Crippen LogP) is 2.20. The summed E-state index contributed by atoms with van der Waals surface area (Å²) in [6.45, 7) is 0.902. The summed E-state index contributed by atoms with van der Waals surface area (Å²) in [6.07, 6.45) is 4.65. The number of amides is 1. The number of hydrogen-bond acceptors (Lipinski definition) is 5. The largest absolute Gasteiger partial charge is 0.463 e. The topological polar surface area (TPSA) is 106 Å². The molecule has 8 heteroatoms. The van der Waals surface area contributed by atoms with Crippen LogP contribution in [-0.4, -0.2) is 25.7 Å². The average Bonchev–Trinajstić information content (AvgIpc) is 3.40. The van der Waals surface area contributed by atoms with Gasteiger partial charge in [-0.3, -0.25) is 9.59 Å². The molecule has 0 aliphatic rings. The number of benzene rings is 1. The van der Waals surface area contributed by atoms with Crippen LogP contribution in [0.2, 0.25) is 0 Å². The second kappa shape index (κ2) is 7.75. The van der Waals surface area contributed by atoms with Gasteiger partial charge in [-0.25, -0.2) is 9.67 Å². The van der Waals surface area contributed by atoms with Gasteiger partial charge in [0.25, 0.3) is 11.5 Å². The molecule has 3 heterocycles. The Bertz CT molecular complexity index is 1130. The number of nitrogens with one attached hydrogen (secondary N) is 2. The molecular weight excluding hydrogens is 358 g/mol. The minimum atomic E-state index is -0.466. The van der Waals surface area contributed by atoms with Crippen molar-refractivity contribution in [2.24, 2.45) is 0 Å². The van der Waals surface area contributed by atoms with Crippen LogP contribution in [0, 0.1) is 0 Å². The third kappa shape index (κ3) is 3.90. The Kier molecular flexibility index (Phi) is 4.83. The molecule has 0 saturated heterocycles. The number of H-pyrrole nitrogens is 1. The molecule has 0 spiro atoms. The van der Waals surface area contributed by atoms with Gasteiger partial charge in [0.2, 0.25) is 0 Å². The summed E-state index contributed by atoms with van der Waals surface area (Å²) in [6, 6.07) is 14.4. The Morgan fingerprint density at radius 3 is 2.79 bits per heavy atom. The van der Waals surface area contributed by atoms with E-state index < -0.39 is 11.5 Å². The molecule has 140 valence electrons. The van der Waals surface area contributed by atoms with Crippen LogP contribution in [0.15, 0.2) is 76.7 Å². The zero-order valence-electron chi connectivity index (χ0n) is 14.8. The van der Waals surface area contributed by atoms with Crippen LogP contribution in [0.4, 0.5) is 0 Å². The summed E-state index contributed by atoms with van der Waals surface area (Å²) in [5.41, 5.74) is 2.07. The van der Waals surface area contributed by atoms with Crippen molar-refractivity contribution in [1.82, 2.24) is 25.1 Å². The van der Waals surface area contributed by atoms with Crippen molar-refractivity contribution in [2.75, 3.05) is 0 Å². The summed E-state index contributed by atoms with van der Waals surface area (Å²) >= 11 is 0. The Hall–Kier alpha value is -3.94. The van der Waals surface area contributed by atoms with Gasteiger partial charge in [-0.05, 0) is 35.4 Å². The highest BCUT2D eigenvalue weighted by Crippen LogP contribution is 2.15. The highest BCUT2D eigenvalue weighted by atomic mass is 16.3. The zero-order chi connectivity index (χ0) is 19.3. The Morgan fingerprint density at radius 2 is 2.04 bits per heavy atom. The number of rotatable bonds is 6. The Morgan fingerprint density at radius 1 is 1.14 bits per heavy atom. The second-order valence-electron chi connectivity index (χ2n) is 6.19. The van der Waals surface area contributed by atoms with Gasteiger partial charge in [0.1, 0.15) is 24.0 Å². The van der Waals surface area contributed by atoms with Gasteiger partial charge in [0.05, 0.1) is 18.5 Å². The quantitative estimate of drug-likeness (QED) is 0.537. The van der Waals surface area contributed by atoms with Crippen LogP contribution in [0.1, 0.15) is 21.5 Å². The van der Waals surface area contributed by atoms with Crippen molar-refractivity contribution >= 4 is 5.91 Å². The van der Waals surface area contributed by atoms with E-state index in [1.165, 1.54) is 18.7 Å². The first kappa shape index (κ1) is 17.5. The van der Waals surface area contributed by atoms with Crippen molar-refractivity contribution in [3.05, 3.63) is 94.5 Å². The minimum Gasteiger partial charge on any atom is -0.463 e. The summed E-state index contributed by atoms with van der Waals surface area (Å²) in [5, 5.41) is 6.86. The van der Waals surface area contributed by atoms with Crippen LogP contribution in [-0.2, 0) is 13.1 Å². The molecule has 4 aromatic rings. The molecule has 0 unspecified atom stereocenters. The van der Waals surface area contributed by atoms with E-state index >= 15 is 0 Å². The number of furan rings is 1. The molecular formula is C20H17N5O3. The molecule has 28 heavy (non-hydrogen) atoms. The number of nitrogens with zero attached hydrogens (tertiary/aromatic N) is 3. The Balaban J connectivity index is 1.42. The molecule has 8 nitrogen and oxygen atoms in total. The first-order chi connectivity index (χ1) is 13.7. The van der Waals surface area contributed by atoms with Gasteiger partial charge in [-0.15, -0.1) is 0 Å². The third-order valence-corrected chi connectivity index (χ3v) is 4.20. The molecule has 0 radical (unpaired) electrons. The number of hydrogen-bond donors (Lipinski definition) is 2. The van der Waals surface area contributed by atoms with Crippen LogP contribution in [0.25, 0.3) is 11.5 Å². The predicted molar refractivity (Wildman–Crippen MR) is 102 cm³/mol. The highest BCUT2D eigenvalue weighted by Gasteiger charge is 2.12. The van der Waals surface area contributed by atoms with Gasteiger partial charge >= 0.3 is 0 Å². The number of carbonyl (C=O) groups is 1. The van der Waals surface area contributed by atoms with Crippen molar-refractivity contribution in [3.8, 4) is 11.5 Å². The van der Waals surface area contributed by atoms with Gasteiger partial charge in [0, 0.05) is 6.54 Å². The molecule has 2 N–H and O–H groups in total. The standard InChI is InChI=1S/C20H17N5O3/c26-19(16-6-7-17(24-20(16)27)18-5-2-8-28-18)22-10-14-3-1-4-15(9-14)11-25-13-21-12-23-25/h1-9,12-13H,10-11H2,(H,22,26)(H,24,27). The van der Waals surface area contributed by atoms with E-state index in [9.17, 15) is 9.59 Å². The maximum atomic E-state index is 12.4. The molecule has 0 fully saturated rings. The molecule has 0 aliphatic heterocycles. The lowest BCUT2D eigenvalue weighted by atomic mass is 10.1. The maximum absolute atomic E-state index is 12.4. The highest BCUT2D eigenvalue weighted by molar-refractivity contribution is 5.94. The van der Waals surface area contributed by atoms with Crippen LogP contribution < -0.4 is 10.9 Å². The summed E-state index contributed by atoms with van der Waals surface area (Å²) in [5.74, 6) is 0.0992. The molecule has 0 atom stereocenters. The van der Waals surface area contributed by atoms with Gasteiger partial charge in [-0.2, -0.15) is 5.10 Å². The SMILES string of the molecule is O=C(NCc1cccc(Cn2cncn2)c1)c1ccc(-c2ccco2)[nH]c1=O. The fourth-order valence-electron chi connectivity index (χ4n) is 2.84. The number of aromatic amines is 1. The first-order valence-electron chi connectivity index (χ1n) is 8.65. The second-order valence-corrected chi connectivity index (χ2v) is 6.19. The third-order valence-electron chi connectivity index (χ3n) is 4.20. The van der Waals surface area contributed by atoms with Crippen molar-refractivity contribution < 1.29 is 9.21 Å². The van der Waals surface area contributed by atoms with E-state index in [1.54, 1.807) is 29.2 Å². The van der Waals surface area contributed by atoms with E-state index in [0.29, 0.717) is 24.5 Å². The van der Waals surface area contributed by atoms with E-state index in [1.807, 2.05) is 24.3 Å². The Labute approximate surface area is 159 Å². The van der Waals surface area contributed by atoms with E-state index in [4.69, 9.17) is 4.42 Å². The molecule has 1 aromatic carbocycles.